The highest BCUT2D eigenvalue weighted by molar-refractivity contribution is 7.20. The van der Waals surface area contributed by atoms with Gasteiger partial charge in [0.05, 0.1) is 62.1 Å². The van der Waals surface area contributed by atoms with Gasteiger partial charge in [-0.1, -0.05) is 99.8 Å². The summed E-state index contributed by atoms with van der Waals surface area (Å²) in [7, 11) is 3.27. The molecule has 0 aromatic heterocycles. The standard InChI is InChI=1S/C25H46FO9P.C16H28O9/c1-17-21(16-32-18(2)36)34-25(24(31)23(17)30)33-15-20(28)13-11-9-7-5-3-4-6-8-10-12-19(27)14-22(29)35-26;1-3-4-5-6-10(18)7-12(19)25-15-13(20)11(8-23-9(2)17)24-16(22)14(15)21/h17,19-21,23-25,27-28,30-31,36H,3-16H2,1-2H3;10-11,13-16,18,20-22H,3-8H2,1-2H3/t17-,19?,20?,21-,23+,24-,25-;10?,11-,13-,14-,15+,16-/m11/s1. The van der Waals surface area contributed by atoms with Gasteiger partial charge in [-0.05, 0) is 26.2 Å². The summed E-state index contributed by atoms with van der Waals surface area (Å²) in [6.07, 6.45) is -0.839. The van der Waals surface area contributed by atoms with E-state index in [2.05, 4.69) is 13.8 Å². The second kappa shape index (κ2) is 32.7. The molecule has 18 nitrogen and oxygen atoms in total. The molecule has 0 saturated carbocycles. The summed E-state index contributed by atoms with van der Waals surface area (Å²) in [5.74, 6) is -2.79. The maximum absolute atomic E-state index is 11.9. The van der Waals surface area contributed by atoms with Crippen LogP contribution in [0.1, 0.15) is 137 Å². The van der Waals surface area contributed by atoms with Gasteiger partial charge >= 0.3 is 17.9 Å². The van der Waals surface area contributed by atoms with Gasteiger partial charge in [0.15, 0.2) is 18.7 Å². The van der Waals surface area contributed by atoms with E-state index in [0.29, 0.717) is 24.7 Å². The molecular weight excluding hydrogens is 830 g/mol. The SMILES string of the molecule is CC(=P)OC[C@H]1O[C@@H](OCC(O)CCCCCCCCCCCC(O)CC(=O)OF)[C@H](O)[C@@H](O)[C@@H]1C.CCCCCC(O)CC(=O)O[C@@H]1[C@@H](O)[C@H](O)O[C@H](COC(C)=O)[C@H]1O. The number of esters is 2. The molecule has 358 valence electrons. The van der Waals surface area contributed by atoms with Crippen molar-refractivity contribution in [3.05, 3.63) is 0 Å². The molecule has 61 heavy (non-hydrogen) atoms. The number of aliphatic hydroxyl groups excluding tert-OH is 8. The predicted molar refractivity (Wildman–Crippen MR) is 220 cm³/mol. The third-order valence-corrected chi connectivity index (χ3v) is 10.6. The van der Waals surface area contributed by atoms with Crippen molar-refractivity contribution in [3.8, 4) is 0 Å². The van der Waals surface area contributed by atoms with Crippen LogP contribution in [0.3, 0.4) is 0 Å². The third kappa shape index (κ3) is 24.6. The van der Waals surface area contributed by atoms with E-state index in [-0.39, 0.29) is 38.6 Å². The van der Waals surface area contributed by atoms with Crippen LogP contribution in [0.2, 0.25) is 0 Å². The number of aliphatic hydroxyl groups is 8. The van der Waals surface area contributed by atoms with Crippen molar-refractivity contribution in [2.75, 3.05) is 19.8 Å². The summed E-state index contributed by atoms with van der Waals surface area (Å²) in [5, 5.41) is 79.9. The van der Waals surface area contributed by atoms with Crippen LogP contribution >= 0.6 is 8.86 Å². The zero-order valence-electron chi connectivity index (χ0n) is 36.2. The lowest BCUT2D eigenvalue weighted by Crippen LogP contribution is -2.60. The number of hydrogen-bond acceptors (Lipinski definition) is 18. The number of hydrogen-bond donors (Lipinski definition) is 8. The van der Waals surface area contributed by atoms with E-state index in [0.717, 1.165) is 84.0 Å². The topological polar surface area (TPSA) is 278 Å². The fraction of sp³-hybridized carbons (Fsp3) is 0.902. The Balaban J connectivity index is 0.000000651. The van der Waals surface area contributed by atoms with Crippen molar-refractivity contribution in [2.24, 2.45) is 5.92 Å². The number of ether oxygens (including phenoxy) is 6. The second-order valence-corrected chi connectivity index (χ2v) is 16.7. The highest BCUT2D eigenvalue weighted by atomic mass is 31.0. The van der Waals surface area contributed by atoms with Gasteiger partial charge in [-0.15, -0.1) is 0 Å². The van der Waals surface area contributed by atoms with Crippen LogP contribution in [0.4, 0.5) is 4.53 Å². The fourth-order valence-corrected chi connectivity index (χ4v) is 6.82. The minimum atomic E-state index is -1.71. The number of carbonyl (C=O) groups is 3. The maximum Gasteiger partial charge on any atom is 0.351 e. The monoisotopic (exact) mass is 904 g/mol. The average Bonchev–Trinajstić information content (AvgIpc) is 3.20. The van der Waals surface area contributed by atoms with E-state index in [1.54, 1.807) is 13.8 Å². The van der Waals surface area contributed by atoms with Crippen molar-refractivity contribution in [3.63, 3.8) is 0 Å². The minimum Gasteiger partial charge on any atom is -0.463 e. The van der Waals surface area contributed by atoms with Crippen LogP contribution in [0, 0.1) is 5.92 Å². The molecule has 0 aromatic rings. The first-order chi connectivity index (χ1) is 28.9. The van der Waals surface area contributed by atoms with E-state index >= 15 is 0 Å². The van der Waals surface area contributed by atoms with Gasteiger partial charge in [0, 0.05) is 17.4 Å². The molecule has 2 fully saturated rings. The highest BCUT2D eigenvalue weighted by Crippen LogP contribution is 2.28. The number of halogens is 1. The number of unbranched alkanes of at least 4 members (excludes halogenated alkanes) is 10. The predicted octanol–water partition coefficient (Wildman–Crippen LogP) is 2.46. The Morgan fingerprint density at radius 1 is 0.656 bits per heavy atom. The minimum absolute atomic E-state index is 0.0172. The Morgan fingerprint density at radius 2 is 1.16 bits per heavy atom. The third-order valence-electron chi connectivity index (χ3n) is 10.5. The Hall–Kier alpha value is -1.97. The van der Waals surface area contributed by atoms with E-state index in [4.69, 9.17) is 28.4 Å². The van der Waals surface area contributed by atoms with Crippen LogP contribution in [-0.4, -0.2) is 158 Å². The molecule has 3 unspecified atom stereocenters. The first kappa shape index (κ1) is 57.0. The fourth-order valence-electron chi connectivity index (χ4n) is 6.73. The molecule has 2 saturated heterocycles. The van der Waals surface area contributed by atoms with Crippen molar-refractivity contribution in [1.29, 1.82) is 0 Å². The molecule has 2 aliphatic rings. The second-order valence-electron chi connectivity index (χ2n) is 16.0. The zero-order chi connectivity index (χ0) is 45.9. The Morgan fingerprint density at radius 3 is 1.69 bits per heavy atom. The molecule has 0 aromatic carbocycles. The van der Waals surface area contributed by atoms with Gasteiger partial charge in [0.25, 0.3) is 0 Å². The van der Waals surface area contributed by atoms with Gasteiger partial charge in [0.2, 0.25) is 0 Å². The Labute approximate surface area is 361 Å². The van der Waals surface area contributed by atoms with Crippen LogP contribution in [0.25, 0.3) is 0 Å². The lowest BCUT2D eigenvalue weighted by Gasteiger charge is -2.41. The summed E-state index contributed by atoms with van der Waals surface area (Å²) >= 11 is 0. The van der Waals surface area contributed by atoms with Crippen molar-refractivity contribution in [2.45, 2.75) is 210 Å². The largest absolute Gasteiger partial charge is 0.463 e. The molecule has 0 spiro atoms. The molecule has 0 amide bonds. The van der Waals surface area contributed by atoms with E-state index in [1.807, 2.05) is 6.92 Å². The van der Waals surface area contributed by atoms with Gasteiger partial charge in [-0.2, -0.15) is 0 Å². The average molecular weight is 905 g/mol. The molecular formula is C41H74FO18P. The molecule has 8 N–H and O–H groups in total. The quantitative estimate of drug-likeness (QED) is 0.0304. The first-order valence-electron chi connectivity index (χ1n) is 21.6. The lowest BCUT2D eigenvalue weighted by molar-refractivity contribution is -0.291. The molecule has 13 atom stereocenters. The summed E-state index contributed by atoms with van der Waals surface area (Å²) in [6.45, 7) is 6.57. The summed E-state index contributed by atoms with van der Waals surface area (Å²) in [5.41, 5.74) is 0.591. The summed E-state index contributed by atoms with van der Waals surface area (Å²) < 4.78 is 43.1. The normalized spacial score (nSPS) is 27.8. The highest BCUT2D eigenvalue weighted by Gasteiger charge is 2.47. The molecule has 2 aliphatic heterocycles. The van der Waals surface area contributed by atoms with Gasteiger partial charge in [-0.25, -0.2) is 4.79 Å². The molecule has 0 bridgehead atoms. The lowest BCUT2D eigenvalue weighted by atomic mass is 9.91. The zero-order valence-corrected chi connectivity index (χ0v) is 37.2. The van der Waals surface area contributed by atoms with E-state index in [1.165, 1.54) is 0 Å². The van der Waals surface area contributed by atoms with Crippen molar-refractivity contribution >= 4 is 32.3 Å². The Kier molecular flexibility index (Phi) is 30.5. The molecule has 0 radical (unpaired) electrons. The molecule has 0 aliphatic carbocycles. The number of rotatable bonds is 29. The summed E-state index contributed by atoms with van der Waals surface area (Å²) in [4.78, 5) is 36.5. The van der Waals surface area contributed by atoms with Gasteiger partial charge in [-0.3, -0.25) is 14.5 Å². The van der Waals surface area contributed by atoms with Crippen molar-refractivity contribution < 1.29 is 93.1 Å². The van der Waals surface area contributed by atoms with E-state index in [9.17, 15) is 59.8 Å². The van der Waals surface area contributed by atoms with Crippen LogP contribution < -0.4 is 0 Å². The smallest absolute Gasteiger partial charge is 0.351 e. The van der Waals surface area contributed by atoms with Crippen LogP contribution in [0.15, 0.2) is 0 Å². The van der Waals surface area contributed by atoms with Crippen molar-refractivity contribution in [1.82, 2.24) is 0 Å². The Bertz CT molecular complexity index is 1220. The molecule has 20 heteroatoms. The summed E-state index contributed by atoms with van der Waals surface area (Å²) in [6, 6.07) is 0. The maximum atomic E-state index is 11.9. The van der Waals surface area contributed by atoms with Crippen LogP contribution in [-0.2, 0) is 47.7 Å². The van der Waals surface area contributed by atoms with Gasteiger partial charge in [0.1, 0.15) is 31.0 Å². The molecule has 2 rings (SSSR count). The molecule has 2 heterocycles. The number of carbonyl (C=O) groups excluding carboxylic acids is 3. The van der Waals surface area contributed by atoms with E-state index < -0.39 is 91.5 Å². The van der Waals surface area contributed by atoms with Crippen LogP contribution in [0.5, 0.6) is 0 Å². The first-order valence-corrected chi connectivity index (χ1v) is 22.1. The van der Waals surface area contributed by atoms with Gasteiger partial charge < -0.3 is 69.3 Å².